The van der Waals surface area contributed by atoms with E-state index in [-0.39, 0.29) is 5.91 Å². The topological polar surface area (TPSA) is 67.1 Å². The standard InChI is InChI=1S/C15H14Cl3N3O/c16-10-2-1-3-12(7-10)20-14(15(22)21-19)6-9-4-5-11(17)8-13(9)18/h1-5,7-8,14,20H,6,19H2,(H,21,22). The van der Waals surface area contributed by atoms with Crippen LogP contribution in [0.1, 0.15) is 5.56 Å². The van der Waals surface area contributed by atoms with Gasteiger partial charge in [-0.2, -0.15) is 0 Å². The van der Waals surface area contributed by atoms with Crippen molar-refractivity contribution in [2.24, 2.45) is 5.84 Å². The highest BCUT2D eigenvalue weighted by atomic mass is 35.5. The van der Waals surface area contributed by atoms with Gasteiger partial charge in [0.1, 0.15) is 6.04 Å². The summed E-state index contributed by atoms with van der Waals surface area (Å²) in [4.78, 5) is 12.0. The van der Waals surface area contributed by atoms with E-state index in [9.17, 15) is 4.79 Å². The number of hydrogen-bond donors (Lipinski definition) is 3. The lowest BCUT2D eigenvalue weighted by molar-refractivity contribution is -0.121. The molecular formula is C15H14Cl3N3O. The van der Waals surface area contributed by atoms with E-state index < -0.39 is 6.04 Å². The summed E-state index contributed by atoms with van der Waals surface area (Å²) in [6.07, 6.45) is 0.353. The SMILES string of the molecule is NNC(=O)C(Cc1ccc(Cl)cc1Cl)Nc1cccc(Cl)c1. The minimum Gasteiger partial charge on any atom is -0.373 e. The summed E-state index contributed by atoms with van der Waals surface area (Å²) in [6, 6.07) is 11.6. The molecule has 116 valence electrons. The van der Waals surface area contributed by atoms with Gasteiger partial charge in [-0.1, -0.05) is 46.9 Å². The number of carbonyl (C=O) groups is 1. The van der Waals surface area contributed by atoms with Crippen LogP contribution in [-0.2, 0) is 11.2 Å². The lowest BCUT2D eigenvalue weighted by Crippen LogP contribution is -2.44. The van der Waals surface area contributed by atoms with E-state index in [0.717, 1.165) is 5.56 Å². The number of benzene rings is 2. The maximum Gasteiger partial charge on any atom is 0.256 e. The second kappa shape index (κ2) is 7.70. The Labute approximate surface area is 143 Å². The molecular weight excluding hydrogens is 345 g/mol. The van der Waals surface area contributed by atoms with Crippen LogP contribution < -0.4 is 16.6 Å². The van der Waals surface area contributed by atoms with Gasteiger partial charge in [-0.05, 0) is 35.9 Å². The first-order valence-electron chi connectivity index (χ1n) is 6.46. The number of nitrogens with two attached hydrogens (primary N) is 1. The van der Waals surface area contributed by atoms with Crippen LogP contribution in [0.25, 0.3) is 0 Å². The van der Waals surface area contributed by atoms with Crippen LogP contribution in [0, 0.1) is 0 Å². The Balaban J connectivity index is 2.21. The maximum atomic E-state index is 12.0. The van der Waals surface area contributed by atoms with Crippen LogP contribution in [0.4, 0.5) is 5.69 Å². The van der Waals surface area contributed by atoms with Crippen molar-refractivity contribution in [3.63, 3.8) is 0 Å². The molecule has 4 nitrogen and oxygen atoms in total. The Morgan fingerprint density at radius 2 is 1.82 bits per heavy atom. The highest BCUT2D eigenvalue weighted by Crippen LogP contribution is 2.23. The third kappa shape index (κ3) is 4.52. The van der Waals surface area contributed by atoms with Gasteiger partial charge in [-0.15, -0.1) is 0 Å². The van der Waals surface area contributed by atoms with Gasteiger partial charge in [-0.25, -0.2) is 5.84 Å². The quantitative estimate of drug-likeness (QED) is 0.434. The fourth-order valence-corrected chi connectivity index (χ4v) is 2.67. The molecule has 1 atom stereocenters. The van der Waals surface area contributed by atoms with Crippen molar-refractivity contribution in [3.05, 3.63) is 63.1 Å². The first-order valence-corrected chi connectivity index (χ1v) is 7.59. The number of anilines is 1. The Bertz CT molecular complexity index is 679. The fourth-order valence-electron chi connectivity index (χ4n) is 2.00. The van der Waals surface area contributed by atoms with Crippen LogP contribution in [0.15, 0.2) is 42.5 Å². The predicted molar refractivity (Wildman–Crippen MR) is 91.4 cm³/mol. The number of hydrogen-bond acceptors (Lipinski definition) is 3. The average molecular weight is 359 g/mol. The molecule has 2 aromatic rings. The molecule has 0 aromatic heterocycles. The molecule has 0 heterocycles. The summed E-state index contributed by atoms with van der Waals surface area (Å²) in [5.74, 6) is 4.90. The van der Waals surface area contributed by atoms with Gasteiger partial charge in [-0.3, -0.25) is 10.2 Å². The van der Waals surface area contributed by atoms with Crippen LogP contribution in [0.2, 0.25) is 15.1 Å². The van der Waals surface area contributed by atoms with Crippen molar-refractivity contribution < 1.29 is 4.79 Å². The van der Waals surface area contributed by atoms with E-state index in [4.69, 9.17) is 40.6 Å². The minimum absolute atomic E-state index is 0.353. The lowest BCUT2D eigenvalue weighted by atomic mass is 10.0. The molecule has 0 aliphatic carbocycles. The lowest BCUT2D eigenvalue weighted by Gasteiger charge is -2.19. The number of nitrogens with one attached hydrogen (secondary N) is 2. The van der Waals surface area contributed by atoms with Crippen molar-refractivity contribution in [3.8, 4) is 0 Å². The molecule has 1 unspecified atom stereocenters. The summed E-state index contributed by atoms with van der Waals surface area (Å²) in [6.45, 7) is 0. The molecule has 0 bridgehead atoms. The molecule has 0 saturated carbocycles. The predicted octanol–water partition coefficient (Wildman–Crippen LogP) is 3.66. The van der Waals surface area contributed by atoms with Gasteiger partial charge in [0.05, 0.1) is 0 Å². The maximum absolute atomic E-state index is 12.0. The summed E-state index contributed by atoms with van der Waals surface area (Å²) >= 11 is 18.0. The molecule has 7 heteroatoms. The number of halogens is 3. The number of carbonyl (C=O) groups excluding carboxylic acids is 1. The van der Waals surface area contributed by atoms with Gasteiger partial charge in [0, 0.05) is 27.2 Å². The highest BCUT2D eigenvalue weighted by Gasteiger charge is 2.19. The van der Waals surface area contributed by atoms with Gasteiger partial charge in [0.2, 0.25) is 0 Å². The average Bonchev–Trinajstić information content (AvgIpc) is 2.48. The molecule has 2 aromatic carbocycles. The third-order valence-corrected chi connectivity index (χ3v) is 3.89. The number of hydrazine groups is 1. The number of rotatable bonds is 5. The van der Waals surface area contributed by atoms with Crippen LogP contribution in [0.5, 0.6) is 0 Å². The Kier molecular flexibility index (Phi) is 5.91. The summed E-state index contributed by atoms with van der Waals surface area (Å²) in [5.41, 5.74) is 3.65. The van der Waals surface area contributed by atoms with Crippen LogP contribution >= 0.6 is 34.8 Å². The van der Waals surface area contributed by atoms with Gasteiger partial charge >= 0.3 is 0 Å². The van der Waals surface area contributed by atoms with Crippen LogP contribution in [0.3, 0.4) is 0 Å². The molecule has 0 aliphatic rings. The molecule has 0 spiro atoms. The molecule has 0 aliphatic heterocycles. The molecule has 2 rings (SSSR count). The van der Waals surface area contributed by atoms with E-state index in [1.807, 2.05) is 6.07 Å². The third-order valence-electron chi connectivity index (χ3n) is 3.06. The zero-order valence-corrected chi connectivity index (χ0v) is 13.7. The second-order valence-corrected chi connectivity index (χ2v) is 5.94. The van der Waals surface area contributed by atoms with E-state index >= 15 is 0 Å². The molecule has 4 N–H and O–H groups in total. The molecule has 0 saturated heterocycles. The molecule has 1 amide bonds. The smallest absolute Gasteiger partial charge is 0.256 e. The Morgan fingerprint density at radius 3 is 2.45 bits per heavy atom. The van der Waals surface area contributed by atoms with Gasteiger partial charge in [0.15, 0.2) is 0 Å². The van der Waals surface area contributed by atoms with Gasteiger partial charge < -0.3 is 5.32 Å². The molecule has 0 fully saturated rings. The van der Waals surface area contributed by atoms with Gasteiger partial charge in [0.25, 0.3) is 5.91 Å². The minimum atomic E-state index is -0.595. The van der Waals surface area contributed by atoms with Crippen molar-refractivity contribution >= 4 is 46.4 Å². The molecule has 22 heavy (non-hydrogen) atoms. The zero-order chi connectivity index (χ0) is 16.1. The largest absolute Gasteiger partial charge is 0.373 e. The van der Waals surface area contributed by atoms with E-state index in [2.05, 4.69) is 10.7 Å². The zero-order valence-electron chi connectivity index (χ0n) is 11.4. The highest BCUT2D eigenvalue weighted by molar-refractivity contribution is 6.35. The van der Waals surface area contributed by atoms with Crippen LogP contribution in [-0.4, -0.2) is 11.9 Å². The Morgan fingerprint density at radius 1 is 1.09 bits per heavy atom. The number of amides is 1. The summed E-state index contributed by atoms with van der Waals surface area (Å²) in [5, 5.41) is 4.70. The second-order valence-electron chi connectivity index (χ2n) is 4.66. The van der Waals surface area contributed by atoms with Crippen molar-refractivity contribution in [1.29, 1.82) is 0 Å². The Hall–Kier alpha value is -1.46. The van der Waals surface area contributed by atoms with Crippen molar-refractivity contribution in [2.45, 2.75) is 12.5 Å². The van der Waals surface area contributed by atoms with Crippen molar-refractivity contribution in [2.75, 3.05) is 5.32 Å². The first kappa shape index (κ1) is 16.9. The van der Waals surface area contributed by atoms with Crippen molar-refractivity contribution in [1.82, 2.24) is 5.43 Å². The first-order chi connectivity index (χ1) is 10.5. The molecule has 0 radical (unpaired) electrons. The normalized spacial score (nSPS) is 11.8. The monoisotopic (exact) mass is 357 g/mol. The summed E-state index contributed by atoms with van der Waals surface area (Å²) in [7, 11) is 0. The summed E-state index contributed by atoms with van der Waals surface area (Å²) < 4.78 is 0. The fraction of sp³-hybridized carbons (Fsp3) is 0.133. The van der Waals surface area contributed by atoms with E-state index in [0.29, 0.717) is 27.2 Å². The van der Waals surface area contributed by atoms with E-state index in [1.165, 1.54) is 0 Å². The van der Waals surface area contributed by atoms with E-state index in [1.54, 1.807) is 36.4 Å².